The Labute approximate surface area is 119 Å². The molecule has 5 heteroatoms. The molecule has 0 unspecified atom stereocenters. The van der Waals surface area contributed by atoms with E-state index in [1.807, 2.05) is 12.1 Å². The highest BCUT2D eigenvalue weighted by molar-refractivity contribution is 5.85. The second-order valence-electron chi connectivity index (χ2n) is 4.83. The van der Waals surface area contributed by atoms with Gasteiger partial charge in [-0.1, -0.05) is 6.07 Å². The van der Waals surface area contributed by atoms with Gasteiger partial charge in [0.05, 0.1) is 0 Å². The van der Waals surface area contributed by atoms with Gasteiger partial charge in [-0.05, 0) is 49.1 Å². The second kappa shape index (κ2) is 7.36. The Hall–Kier alpha value is -1.26. The van der Waals surface area contributed by atoms with E-state index in [-0.39, 0.29) is 18.8 Å². The normalized spacial score (nSPS) is 14.5. The van der Waals surface area contributed by atoms with Crippen LogP contribution in [0.2, 0.25) is 0 Å². The monoisotopic (exact) mass is 285 g/mol. The fraction of sp³-hybridized carbons (Fsp3) is 0.500. The average Bonchev–Trinajstić information content (AvgIpc) is 2.34. The standard InChI is InChI=1S/C14H19NO3.ClH/c16-13-5-4-11-6-8-15(10-12(11)9-13)7-2-1-3-14(17)18;/h4-5,9,16H,1-3,6-8,10H2,(H,17,18);1H. The van der Waals surface area contributed by atoms with Gasteiger partial charge < -0.3 is 10.2 Å². The summed E-state index contributed by atoms with van der Waals surface area (Å²) in [6, 6.07) is 5.56. The fourth-order valence-electron chi connectivity index (χ4n) is 2.40. The second-order valence-corrected chi connectivity index (χ2v) is 4.83. The average molecular weight is 286 g/mol. The molecule has 0 fully saturated rings. The lowest BCUT2D eigenvalue weighted by molar-refractivity contribution is -0.137. The van der Waals surface area contributed by atoms with Gasteiger partial charge >= 0.3 is 5.97 Å². The van der Waals surface area contributed by atoms with Crippen LogP contribution in [0.1, 0.15) is 30.4 Å². The smallest absolute Gasteiger partial charge is 0.303 e. The van der Waals surface area contributed by atoms with Crippen molar-refractivity contribution < 1.29 is 15.0 Å². The Bertz CT molecular complexity index is 437. The molecule has 0 amide bonds. The summed E-state index contributed by atoms with van der Waals surface area (Å²) in [6.07, 6.45) is 2.92. The number of halogens is 1. The van der Waals surface area contributed by atoms with Crippen molar-refractivity contribution in [3.05, 3.63) is 29.3 Å². The first-order chi connectivity index (χ1) is 8.65. The van der Waals surface area contributed by atoms with Crippen molar-refractivity contribution in [1.82, 2.24) is 4.90 Å². The molecule has 0 saturated carbocycles. The number of phenolic OH excluding ortho intramolecular Hbond substituents is 1. The zero-order valence-corrected chi connectivity index (χ0v) is 11.7. The first-order valence-electron chi connectivity index (χ1n) is 6.40. The molecule has 1 aromatic carbocycles. The summed E-state index contributed by atoms with van der Waals surface area (Å²) in [6.45, 7) is 2.81. The summed E-state index contributed by atoms with van der Waals surface area (Å²) < 4.78 is 0. The van der Waals surface area contributed by atoms with E-state index in [0.29, 0.717) is 5.75 Å². The Balaban J connectivity index is 0.00000180. The Kier molecular flexibility index (Phi) is 6.12. The van der Waals surface area contributed by atoms with E-state index in [1.165, 1.54) is 11.1 Å². The van der Waals surface area contributed by atoms with Gasteiger partial charge in [-0.2, -0.15) is 0 Å². The van der Waals surface area contributed by atoms with Crippen molar-refractivity contribution in [1.29, 1.82) is 0 Å². The molecule has 0 saturated heterocycles. The van der Waals surface area contributed by atoms with Crippen LogP contribution >= 0.6 is 12.4 Å². The summed E-state index contributed by atoms with van der Waals surface area (Å²) in [4.78, 5) is 12.7. The number of nitrogens with zero attached hydrogens (tertiary/aromatic N) is 1. The van der Waals surface area contributed by atoms with E-state index in [4.69, 9.17) is 5.11 Å². The predicted octanol–water partition coefficient (Wildman–Crippen LogP) is 2.43. The Morgan fingerprint density at radius 2 is 2.05 bits per heavy atom. The van der Waals surface area contributed by atoms with E-state index in [9.17, 15) is 9.90 Å². The van der Waals surface area contributed by atoms with Crippen LogP contribution < -0.4 is 0 Å². The summed E-state index contributed by atoms with van der Waals surface area (Å²) >= 11 is 0. The number of unbranched alkanes of at least 4 members (excludes halogenated alkanes) is 1. The van der Waals surface area contributed by atoms with Gasteiger partial charge in [0.1, 0.15) is 5.75 Å². The van der Waals surface area contributed by atoms with Crippen molar-refractivity contribution in [2.45, 2.75) is 32.2 Å². The van der Waals surface area contributed by atoms with Gasteiger partial charge in [-0.3, -0.25) is 9.69 Å². The molecule has 106 valence electrons. The Morgan fingerprint density at radius 3 is 2.79 bits per heavy atom. The molecule has 1 aliphatic rings. The molecular weight excluding hydrogens is 266 g/mol. The maximum atomic E-state index is 10.4. The summed E-state index contributed by atoms with van der Waals surface area (Å²) in [5, 5.41) is 18.0. The number of carboxylic acid groups (broad SMARTS) is 1. The van der Waals surface area contributed by atoms with E-state index in [1.54, 1.807) is 6.07 Å². The quantitative estimate of drug-likeness (QED) is 0.816. The number of hydrogen-bond donors (Lipinski definition) is 2. The first-order valence-corrected chi connectivity index (χ1v) is 6.40. The van der Waals surface area contributed by atoms with Gasteiger partial charge in [0.15, 0.2) is 0 Å². The zero-order valence-electron chi connectivity index (χ0n) is 10.8. The molecule has 0 atom stereocenters. The zero-order chi connectivity index (χ0) is 13.0. The predicted molar refractivity (Wildman–Crippen MR) is 75.8 cm³/mol. The van der Waals surface area contributed by atoms with Gasteiger partial charge in [-0.25, -0.2) is 0 Å². The number of aliphatic carboxylic acids is 1. The van der Waals surface area contributed by atoms with Crippen LogP contribution in [-0.4, -0.2) is 34.2 Å². The molecular formula is C14H20ClNO3. The highest BCUT2D eigenvalue weighted by Gasteiger charge is 2.16. The summed E-state index contributed by atoms with van der Waals surface area (Å²) in [7, 11) is 0. The van der Waals surface area contributed by atoms with Crippen LogP contribution in [0.25, 0.3) is 0 Å². The number of carboxylic acids is 1. The van der Waals surface area contributed by atoms with Crippen LogP contribution in [0, 0.1) is 0 Å². The number of phenols is 1. The number of hydrogen-bond acceptors (Lipinski definition) is 3. The molecule has 19 heavy (non-hydrogen) atoms. The lowest BCUT2D eigenvalue weighted by Crippen LogP contribution is -2.31. The maximum Gasteiger partial charge on any atom is 0.303 e. The molecule has 1 heterocycles. The molecule has 1 aromatic rings. The van der Waals surface area contributed by atoms with Crippen molar-refractivity contribution in [3.63, 3.8) is 0 Å². The van der Waals surface area contributed by atoms with Crippen molar-refractivity contribution in [2.24, 2.45) is 0 Å². The van der Waals surface area contributed by atoms with Crippen LogP contribution in [0.5, 0.6) is 5.75 Å². The largest absolute Gasteiger partial charge is 0.508 e. The number of rotatable bonds is 5. The van der Waals surface area contributed by atoms with Gasteiger partial charge in [0.2, 0.25) is 0 Å². The number of benzene rings is 1. The fourth-order valence-corrected chi connectivity index (χ4v) is 2.40. The van der Waals surface area contributed by atoms with Crippen molar-refractivity contribution in [2.75, 3.05) is 13.1 Å². The molecule has 0 spiro atoms. The number of aromatic hydroxyl groups is 1. The van der Waals surface area contributed by atoms with Crippen molar-refractivity contribution in [3.8, 4) is 5.75 Å². The lowest BCUT2D eigenvalue weighted by atomic mass is 9.99. The van der Waals surface area contributed by atoms with Crippen LogP contribution in [0.15, 0.2) is 18.2 Å². The van der Waals surface area contributed by atoms with Crippen LogP contribution in [0.3, 0.4) is 0 Å². The number of fused-ring (bicyclic) bond motifs is 1. The third-order valence-corrected chi connectivity index (χ3v) is 3.40. The summed E-state index contributed by atoms with van der Waals surface area (Å²) in [5.41, 5.74) is 2.51. The van der Waals surface area contributed by atoms with Crippen molar-refractivity contribution >= 4 is 18.4 Å². The van der Waals surface area contributed by atoms with E-state index < -0.39 is 5.97 Å². The molecule has 4 nitrogen and oxygen atoms in total. The Morgan fingerprint density at radius 1 is 1.26 bits per heavy atom. The minimum absolute atomic E-state index is 0. The molecule has 0 aliphatic carbocycles. The number of carbonyl (C=O) groups is 1. The molecule has 2 rings (SSSR count). The summed E-state index contributed by atoms with van der Waals surface area (Å²) in [5.74, 6) is -0.398. The molecule has 2 N–H and O–H groups in total. The first kappa shape index (κ1) is 15.8. The maximum absolute atomic E-state index is 10.4. The highest BCUT2D eigenvalue weighted by Crippen LogP contribution is 2.23. The topological polar surface area (TPSA) is 60.8 Å². The SMILES string of the molecule is Cl.O=C(O)CCCCN1CCc2ccc(O)cc2C1. The molecule has 0 bridgehead atoms. The molecule has 0 radical (unpaired) electrons. The van der Waals surface area contributed by atoms with Gasteiger partial charge in [0.25, 0.3) is 0 Å². The minimum Gasteiger partial charge on any atom is -0.508 e. The van der Waals surface area contributed by atoms with E-state index in [0.717, 1.165) is 38.9 Å². The van der Waals surface area contributed by atoms with Gasteiger partial charge in [0, 0.05) is 19.5 Å². The third kappa shape index (κ3) is 4.73. The lowest BCUT2D eigenvalue weighted by Gasteiger charge is -2.28. The van der Waals surface area contributed by atoms with E-state index in [2.05, 4.69) is 4.90 Å². The van der Waals surface area contributed by atoms with Crippen LogP contribution in [0.4, 0.5) is 0 Å². The van der Waals surface area contributed by atoms with E-state index >= 15 is 0 Å². The van der Waals surface area contributed by atoms with Crippen LogP contribution in [-0.2, 0) is 17.8 Å². The highest BCUT2D eigenvalue weighted by atomic mass is 35.5. The molecule has 1 aliphatic heterocycles. The third-order valence-electron chi connectivity index (χ3n) is 3.40. The minimum atomic E-state index is -0.719. The van der Waals surface area contributed by atoms with Gasteiger partial charge in [-0.15, -0.1) is 12.4 Å². The molecule has 0 aromatic heterocycles.